The topological polar surface area (TPSA) is 39.2 Å². The van der Waals surface area contributed by atoms with E-state index in [-0.39, 0.29) is 0 Å². The van der Waals surface area contributed by atoms with E-state index in [1.165, 1.54) is 5.56 Å². The van der Waals surface area contributed by atoms with Crippen molar-refractivity contribution < 1.29 is 9.53 Å². The first-order valence-corrected chi connectivity index (χ1v) is 7.41. The third kappa shape index (κ3) is 3.24. The summed E-state index contributed by atoms with van der Waals surface area (Å²) in [5, 5.41) is -0.437. The second-order valence-corrected chi connectivity index (χ2v) is 5.67. The minimum atomic E-state index is -0.437. The van der Waals surface area contributed by atoms with Crippen molar-refractivity contribution in [2.75, 3.05) is 0 Å². The zero-order chi connectivity index (χ0) is 14.8. The fraction of sp³-hybridized carbons (Fsp3) is 0.294. The van der Waals surface area contributed by atoms with Crippen LogP contribution in [-0.4, -0.2) is 10.2 Å². The van der Waals surface area contributed by atoms with Gasteiger partial charge in [0.05, 0.1) is 0 Å². The lowest BCUT2D eigenvalue weighted by Gasteiger charge is -2.13. The highest BCUT2D eigenvalue weighted by Gasteiger charge is 2.28. The van der Waals surface area contributed by atoms with Gasteiger partial charge < -0.3 is 4.74 Å². The third-order valence-electron chi connectivity index (χ3n) is 3.67. The van der Waals surface area contributed by atoms with Crippen LogP contribution in [0.1, 0.15) is 45.9 Å². The summed E-state index contributed by atoms with van der Waals surface area (Å²) in [4.78, 5) is 15.9. The van der Waals surface area contributed by atoms with E-state index in [0.29, 0.717) is 24.0 Å². The van der Waals surface area contributed by atoms with Gasteiger partial charge in [0.1, 0.15) is 6.61 Å². The Morgan fingerprint density at radius 2 is 2.05 bits per heavy atom. The largest absolute Gasteiger partial charge is 0.473 e. The minimum Gasteiger partial charge on any atom is -0.473 e. The van der Waals surface area contributed by atoms with Crippen molar-refractivity contribution in [3.05, 3.63) is 58.8 Å². The summed E-state index contributed by atoms with van der Waals surface area (Å²) < 4.78 is 5.76. The molecule has 1 fully saturated rings. The van der Waals surface area contributed by atoms with Crippen molar-refractivity contribution in [1.29, 1.82) is 0 Å². The monoisotopic (exact) mass is 301 g/mol. The molecule has 1 heterocycles. The molecule has 1 saturated carbocycles. The molecular weight excluding hydrogens is 286 g/mol. The van der Waals surface area contributed by atoms with Gasteiger partial charge in [-0.3, -0.25) is 4.79 Å². The van der Waals surface area contributed by atoms with Crippen LogP contribution < -0.4 is 4.74 Å². The van der Waals surface area contributed by atoms with E-state index in [1.807, 2.05) is 31.2 Å². The highest BCUT2D eigenvalue weighted by molar-refractivity contribution is 6.67. The molecule has 3 rings (SSSR count). The number of rotatable bonds is 5. The van der Waals surface area contributed by atoms with Crippen molar-refractivity contribution in [2.24, 2.45) is 0 Å². The number of aromatic nitrogens is 1. The normalized spacial score (nSPS) is 14.0. The second kappa shape index (κ2) is 5.86. The van der Waals surface area contributed by atoms with Crippen LogP contribution in [-0.2, 0) is 6.61 Å². The molecule has 0 radical (unpaired) electrons. The first kappa shape index (κ1) is 14.1. The van der Waals surface area contributed by atoms with Crippen molar-refractivity contribution in [2.45, 2.75) is 32.3 Å². The molecule has 0 bridgehead atoms. The average Bonchev–Trinajstić information content (AvgIpc) is 3.29. The van der Waals surface area contributed by atoms with E-state index in [9.17, 15) is 4.79 Å². The molecule has 0 amide bonds. The maximum absolute atomic E-state index is 11.6. The van der Waals surface area contributed by atoms with Crippen LogP contribution in [0.5, 0.6) is 5.88 Å². The summed E-state index contributed by atoms with van der Waals surface area (Å²) in [5.41, 5.74) is 3.50. The number of carbonyl (C=O) groups excluding carboxylic acids is 1. The van der Waals surface area contributed by atoms with Gasteiger partial charge >= 0.3 is 0 Å². The summed E-state index contributed by atoms with van der Waals surface area (Å²) in [6, 6.07) is 11.3. The Morgan fingerprint density at radius 1 is 1.29 bits per heavy atom. The molecule has 1 aromatic heterocycles. The number of pyridine rings is 1. The van der Waals surface area contributed by atoms with Crippen LogP contribution in [0.25, 0.3) is 0 Å². The molecule has 108 valence electrons. The standard InChI is InChI=1S/C17H16ClNO2/c1-11-4-2-7-16(19-11)21-10-15-13(12-8-9-12)5-3-6-14(15)17(18)20/h2-7,12H,8-10H2,1H3. The van der Waals surface area contributed by atoms with E-state index < -0.39 is 5.24 Å². The molecule has 0 saturated heterocycles. The molecule has 0 aliphatic heterocycles. The van der Waals surface area contributed by atoms with Gasteiger partial charge in [0, 0.05) is 22.9 Å². The van der Waals surface area contributed by atoms with Crippen molar-refractivity contribution in [1.82, 2.24) is 4.98 Å². The highest BCUT2D eigenvalue weighted by Crippen LogP contribution is 2.42. The number of ether oxygens (including phenoxy) is 1. The lowest BCUT2D eigenvalue weighted by molar-refractivity contribution is 0.107. The summed E-state index contributed by atoms with van der Waals surface area (Å²) in [7, 11) is 0. The van der Waals surface area contributed by atoms with Crippen LogP contribution in [0, 0.1) is 6.92 Å². The fourth-order valence-corrected chi connectivity index (χ4v) is 2.65. The lowest BCUT2D eigenvalue weighted by atomic mass is 9.99. The fourth-order valence-electron chi connectivity index (χ4n) is 2.47. The first-order chi connectivity index (χ1) is 10.1. The maximum Gasteiger partial charge on any atom is 0.252 e. The zero-order valence-electron chi connectivity index (χ0n) is 11.8. The molecular formula is C17H16ClNO2. The average molecular weight is 302 g/mol. The third-order valence-corrected chi connectivity index (χ3v) is 3.87. The van der Waals surface area contributed by atoms with E-state index in [2.05, 4.69) is 11.1 Å². The number of nitrogens with zero attached hydrogens (tertiary/aromatic N) is 1. The second-order valence-electron chi connectivity index (χ2n) is 5.33. The Balaban J connectivity index is 1.88. The highest BCUT2D eigenvalue weighted by atomic mass is 35.5. The Labute approximate surface area is 128 Å². The van der Waals surface area contributed by atoms with Crippen LogP contribution in [0.4, 0.5) is 0 Å². The molecule has 2 aromatic rings. The smallest absolute Gasteiger partial charge is 0.252 e. The molecule has 1 aliphatic carbocycles. The van der Waals surface area contributed by atoms with Gasteiger partial charge in [-0.15, -0.1) is 0 Å². The molecule has 21 heavy (non-hydrogen) atoms. The van der Waals surface area contributed by atoms with Crippen LogP contribution in [0.3, 0.4) is 0 Å². The Hall–Kier alpha value is -1.87. The number of aryl methyl sites for hydroxylation is 1. The Bertz CT molecular complexity index is 680. The first-order valence-electron chi connectivity index (χ1n) is 7.03. The van der Waals surface area contributed by atoms with Crippen molar-refractivity contribution in [3.8, 4) is 5.88 Å². The van der Waals surface area contributed by atoms with Gasteiger partial charge in [-0.2, -0.15) is 0 Å². The predicted molar refractivity (Wildman–Crippen MR) is 81.9 cm³/mol. The lowest BCUT2D eigenvalue weighted by Crippen LogP contribution is -2.07. The predicted octanol–water partition coefficient (Wildman–Crippen LogP) is 4.23. The van der Waals surface area contributed by atoms with Gasteiger partial charge in [0.25, 0.3) is 5.24 Å². The molecule has 0 unspecified atom stereocenters. The van der Waals surface area contributed by atoms with Gasteiger partial charge in [-0.25, -0.2) is 4.98 Å². The molecule has 0 spiro atoms. The Kier molecular flexibility index (Phi) is 3.93. The van der Waals surface area contributed by atoms with Crippen LogP contribution in [0.15, 0.2) is 36.4 Å². The zero-order valence-corrected chi connectivity index (χ0v) is 12.6. The van der Waals surface area contributed by atoms with Gasteiger partial charge in [0.2, 0.25) is 5.88 Å². The number of benzene rings is 1. The maximum atomic E-state index is 11.6. The van der Waals surface area contributed by atoms with Gasteiger partial charge in [0.15, 0.2) is 0 Å². The molecule has 1 aliphatic rings. The van der Waals surface area contributed by atoms with E-state index in [1.54, 1.807) is 6.07 Å². The molecule has 0 N–H and O–H groups in total. The van der Waals surface area contributed by atoms with Gasteiger partial charge in [-0.1, -0.05) is 18.2 Å². The Morgan fingerprint density at radius 3 is 2.71 bits per heavy atom. The van der Waals surface area contributed by atoms with E-state index in [0.717, 1.165) is 24.1 Å². The molecule has 1 aromatic carbocycles. The summed E-state index contributed by atoms with van der Waals surface area (Å²) in [6.45, 7) is 2.23. The molecule has 0 atom stereocenters. The molecule has 4 heteroatoms. The SMILES string of the molecule is Cc1cccc(OCc2c(C(=O)Cl)cccc2C2CC2)n1. The number of hydrogen-bond acceptors (Lipinski definition) is 3. The molecule has 3 nitrogen and oxygen atoms in total. The minimum absolute atomic E-state index is 0.316. The summed E-state index contributed by atoms with van der Waals surface area (Å²) >= 11 is 5.70. The van der Waals surface area contributed by atoms with Crippen LogP contribution in [0.2, 0.25) is 0 Å². The van der Waals surface area contributed by atoms with E-state index >= 15 is 0 Å². The summed E-state index contributed by atoms with van der Waals surface area (Å²) in [6.07, 6.45) is 2.32. The number of carbonyl (C=O) groups is 1. The van der Waals surface area contributed by atoms with Crippen molar-refractivity contribution >= 4 is 16.8 Å². The number of hydrogen-bond donors (Lipinski definition) is 0. The van der Waals surface area contributed by atoms with Crippen LogP contribution >= 0.6 is 11.6 Å². The quantitative estimate of drug-likeness (QED) is 0.776. The number of halogens is 1. The summed E-state index contributed by atoms with van der Waals surface area (Å²) in [5.74, 6) is 1.10. The van der Waals surface area contributed by atoms with Crippen molar-refractivity contribution in [3.63, 3.8) is 0 Å². The van der Waals surface area contributed by atoms with E-state index in [4.69, 9.17) is 16.3 Å². The van der Waals surface area contributed by atoms with Gasteiger partial charge in [-0.05, 0) is 55.0 Å².